The number of aliphatic hydroxyl groups is 1. The van der Waals surface area contributed by atoms with Gasteiger partial charge >= 0.3 is 6.61 Å². The number of benzene rings is 2. The summed E-state index contributed by atoms with van der Waals surface area (Å²) in [5, 5.41) is 16.5. The van der Waals surface area contributed by atoms with Crippen molar-refractivity contribution in [3.05, 3.63) is 78.1 Å². The third-order valence-electron chi connectivity index (χ3n) is 4.02. The highest BCUT2D eigenvalue weighted by Gasteiger charge is 2.19. The Morgan fingerprint density at radius 1 is 1.10 bits per heavy atom. The summed E-state index contributed by atoms with van der Waals surface area (Å²) in [6.45, 7) is -3.17. The number of halogens is 2. The molecule has 0 fully saturated rings. The van der Waals surface area contributed by atoms with E-state index in [4.69, 9.17) is 0 Å². The minimum atomic E-state index is -2.94. The molecule has 1 heterocycles. The van der Waals surface area contributed by atoms with Gasteiger partial charge in [-0.1, -0.05) is 30.3 Å². The Labute approximate surface area is 164 Å². The molecule has 150 valence electrons. The van der Waals surface area contributed by atoms with Crippen molar-refractivity contribution in [3.8, 4) is 11.4 Å². The van der Waals surface area contributed by atoms with E-state index in [1.165, 1.54) is 41.3 Å². The molecule has 7 nitrogen and oxygen atoms in total. The van der Waals surface area contributed by atoms with Crippen LogP contribution in [0.1, 0.15) is 22.0 Å². The number of carbonyl (C=O) groups is 2. The Hall–Kier alpha value is -3.59. The number of hydrogen-bond donors (Lipinski definition) is 2. The van der Waals surface area contributed by atoms with Crippen molar-refractivity contribution in [2.75, 3.05) is 6.54 Å². The van der Waals surface area contributed by atoms with Crippen LogP contribution in [0.4, 0.5) is 8.78 Å². The monoisotopic (exact) mass is 401 g/mol. The molecule has 0 aliphatic rings. The zero-order chi connectivity index (χ0) is 20.8. The molecule has 0 aliphatic carbocycles. The number of carbonyl (C=O) groups excluding carboxylic acids is 2. The summed E-state index contributed by atoms with van der Waals surface area (Å²) in [5.74, 6) is -1.74. The molecule has 0 spiro atoms. The maximum atomic E-state index is 12.3. The number of aliphatic hydroxyl groups excluding tert-OH is 1. The normalized spacial score (nSPS) is 11.9. The van der Waals surface area contributed by atoms with Gasteiger partial charge in [-0.2, -0.15) is 13.9 Å². The summed E-state index contributed by atoms with van der Waals surface area (Å²) in [6, 6.07) is 14.4. The van der Waals surface area contributed by atoms with Crippen LogP contribution in [0, 0.1) is 0 Å². The second-order valence-electron chi connectivity index (χ2n) is 6.01. The summed E-state index contributed by atoms with van der Waals surface area (Å²) in [5.41, 5.74) is 1.22. The quantitative estimate of drug-likeness (QED) is 0.447. The lowest BCUT2D eigenvalue weighted by Crippen LogP contribution is -2.34. The first-order valence-electron chi connectivity index (χ1n) is 8.59. The highest BCUT2D eigenvalue weighted by Crippen LogP contribution is 2.19. The van der Waals surface area contributed by atoms with Crippen LogP contribution < -0.4 is 10.1 Å². The van der Waals surface area contributed by atoms with Crippen molar-refractivity contribution in [3.63, 3.8) is 0 Å². The van der Waals surface area contributed by atoms with Crippen LogP contribution in [0.15, 0.2) is 67.0 Å². The number of nitrogens with one attached hydrogen (secondary N) is 1. The number of Topliss-reactive ketones (excluding diaryl/α,β-unsaturated/α-hetero) is 1. The molecular formula is C20H17F2N3O4. The number of hydrogen-bond acceptors (Lipinski definition) is 5. The smallest absolute Gasteiger partial charge is 0.387 e. The number of alkyl halides is 2. The van der Waals surface area contributed by atoms with Crippen molar-refractivity contribution in [2.24, 2.45) is 0 Å². The molecule has 0 saturated heterocycles. The highest BCUT2D eigenvalue weighted by atomic mass is 19.3. The van der Waals surface area contributed by atoms with E-state index in [2.05, 4.69) is 15.2 Å². The predicted molar refractivity (Wildman–Crippen MR) is 98.9 cm³/mol. The van der Waals surface area contributed by atoms with E-state index in [0.717, 1.165) is 5.69 Å². The minimum absolute atomic E-state index is 0.0504. The molecule has 0 bridgehead atoms. The van der Waals surface area contributed by atoms with Crippen LogP contribution in [0.25, 0.3) is 5.69 Å². The first kappa shape index (κ1) is 20.2. The molecule has 1 unspecified atom stereocenters. The van der Waals surface area contributed by atoms with Gasteiger partial charge in [0.25, 0.3) is 11.7 Å². The topological polar surface area (TPSA) is 93.4 Å². The molecular weight excluding hydrogens is 384 g/mol. The van der Waals surface area contributed by atoms with Crippen molar-refractivity contribution in [1.82, 2.24) is 15.1 Å². The Morgan fingerprint density at radius 3 is 2.45 bits per heavy atom. The van der Waals surface area contributed by atoms with Gasteiger partial charge in [-0.3, -0.25) is 9.59 Å². The van der Waals surface area contributed by atoms with Crippen LogP contribution >= 0.6 is 0 Å². The maximum absolute atomic E-state index is 12.3. The van der Waals surface area contributed by atoms with E-state index in [1.807, 2.05) is 18.2 Å². The molecule has 1 amide bonds. The molecule has 3 rings (SSSR count). The Morgan fingerprint density at radius 2 is 1.79 bits per heavy atom. The number of nitrogens with zero attached hydrogens (tertiary/aromatic N) is 2. The second-order valence-corrected chi connectivity index (χ2v) is 6.01. The van der Waals surface area contributed by atoms with Crippen molar-refractivity contribution in [2.45, 2.75) is 12.7 Å². The fourth-order valence-electron chi connectivity index (χ4n) is 2.55. The van der Waals surface area contributed by atoms with Gasteiger partial charge in [0.2, 0.25) is 0 Å². The lowest BCUT2D eigenvalue weighted by atomic mass is 10.1. The number of ether oxygens (including phenoxy) is 1. The van der Waals surface area contributed by atoms with Crippen LogP contribution in [-0.2, 0) is 4.79 Å². The standard InChI is InChI=1S/C20H17F2N3O4/c21-20(22)29-16-8-6-13(7-9-16)17(26)11-23-19(28)18(27)14-10-24-25(12-14)15-4-2-1-3-5-15/h1-10,12,17,20,26H,11H2,(H,23,28). The fraction of sp³-hybridized carbons (Fsp3) is 0.150. The summed E-state index contributed by atoms with van der Waals surface area (Å²) >= 11 is 0. The van der Waals surface area contributed by atoms with Crippen molar-refractivity contribution < 1.29 is 28.2 Å². The van der Waals surface area contributed by atoms with E-state index in [-0.39, 0.29) is 17.9 Å². The minimum Gasteiger partial charge on any atom is -0.435 e. The molecule has 2 N–H and O–H groups in total. The first-order valence-corrected chi connectivity index (χ1v) is 8.59. The molecule has 1 aromatic heterocycles. The molecule has 1 atom stereocenters. The third kappa shape index (κ3) is 5.23. The van der Waals surface area contributed by atoms with Crippen molar-refractivity contribution >= 4 is 11.7 Å². The summed E-state index contributed by atoms with van der Waals surface area (Å²) < 4.78 is 30.0. The fourth-order valence-corrected chi connectivity index (χ4v) is 2.55. The third-order valence-corrected chi connectivity index (χ3v) is 4.02. The number of amides is 1. The van der Waals surface area contributed by atoms with E-state index < -0.39 is 24.4 Å². The number of para-hydroxylation sites is 1. The molecule has 3 aromatic rings. The molecule has 2 aromatic carbocycles. The lowest BCUT2D eigenvalue weighted by molar-refractivity contribution is -0.117. The van der Waals surface area contributed by atoms with Gasteiger partial charge in [0.05, 0.1) is 23.6 Å². The molecule has 9 heteroatoms. The molecule has 0 radical (unpaired) electrons. The SMILES string of the molecule is O=C(NCC(O)c1ccc(OC(F)F)cc1)C(=O)c1cnn(-c2ccccc2)c1. The molecule has 29 heavy (non-hydrogen) atoms. The van der Waals surface area contributed by atoms with Crippen LogP contribution in [0.3, 0.4) is 0 Å². The van der Waals surface area contributed by atoms with E-state index >= 15 is 0 Å². The Bertz CT molecular complexity index is 975. The van der Waals surface area contributed by atoms with Crippen molar-refractivity contribution in [1.29, 1.82) is 0 Å². The van der Waals surface area contributed by atoms with Crippen LogP contribution in [0.5, 0.6) is 5.75 Å². The lowest BCUT2D eigenvalue weighted by Gasteiger charge is -2.12. The van der Waals surface area contributed by atoms with E-state index in [9.17, 15) is 23.5 Å². The predicted octanol–water partition coefficient (Wildman–Crippen LogP) is 2.51. The second kappa shape index (κ2) is 9.07. The maximum Gasteiger partial charge on any atom is 0.387 e. The summed E-state index contributed by atoms with van der Waals surface area (Å²) in [6.07, 6.45) is 1.60. The van der Waals surface area contributed by atoms with E-state index in [0.29, 0.717) is 5.56 Å². The average Bonchev–Trinajstić information content (AvgIpc) is 3.22. The summed E-state index contributed by atoms with van der Waals surface area (Å²) in [7, 11) is 0. The molecule has 0 aliphatic heterocycles. The largest absolute Gasteiger partial charge is 0.435 e. The number of ketones is 1. The first-order chi connectivity index (χ1) is 13.9. The Balaban J connectivity index is 1.56. The van der Waals surface area contributed by atoms with Crippen LogP contribution in [0.2, 0.25) is 0 Å². The van der Waals surface area contributed by atoms with Crippen LogP contribution in [-0.4, -0.2) is 39.7 Å². The van der Waals surface area contributed by atoms with Gasteiger partial charge in [0.15, 0.2) is 0 Å². The number of aromatic nitrogens is 2. The zero-order valence-electron chi connectivity index (χ0n) is 15.0. The van der Waals surface area contributed by atoms with Gasteiger partial charge in [0.1, 0.15) is 5.75 Å². The molecule has 0 saturated carbocycles. The van der Waals surface area contributed by atoms with Gasteiger partial charge in [-0.25, -0.2) is 4.68 Å². The average molecular weight is 401 g/mol. The number of rotatable bonds is 8. The zero-order valence-corrected chi connectivity index (χ0v) is 15.0. The highest BCUT2D eigenvalue weighted by molar-refractivity contribution is 6.42. The van der Waals surface area contributed by atoms with Gasteiger partial charge < -0.3 is 15.2 Å². The summed E-state index contributed by atoms with van der Waals surface area (Å²) in [4.78, 5) is 24.3. The van der Waals surface area contributed by atoms with Gasteiger partial charge in [-0.15, -0.1) is 0 Å². The Kier molecular flexibility index (Phi) is 6.30. The van der Waals surface area contributed by atoms with Gasteiger partial charge in [0, 0.05) is 12.7 Å². The van der Waals surface area contributed by atoms with E-state index in [1.54, 1.807) is 12.1 Å². The van der Waals surface area contributed by atoms with Gasteiger partial charge in [-0.05, 0) is 29.8 Å².